The minimum absolute atomic E-state index is 0.290. The number of nitrogens with one attached hydrogen (secondary N) is 1. The molecule has 1 heterocycles. The van der Waals surface area contributed by atoms with E-state index >= 15 is 0 Å². The van der Waals surface area contributed by atoms with Crippen LogP contribution in [0.5, 0.6) is 5.75 Å². The van der Waals surface area contributed by atoms with Gasteiger partial charge in [-0.05, 0) is 52.4 Å². The fraction of sp³-hybridized carbons (Fsp3) is 0.158. The molecule has 27 heavy (non-hydrogen) atoms. The summed E-state index contributed by atoms with van der Waals surface area (Å²) < 4.78 is 21.6. The SMILES string of the molecule is COc1cc(I)c(Cl)cc1C(=O)NC(c1cccc(F)c1)c1nccn1C. The van der Waals surface area contributed by atoms with E-state index in [1.54, 1.807) is 41.2 Å². The first-order valence-corrected chi connectivity index (χ1v) is 9.43. The van der Waals surface area contributed by atoms with E-state index in [2.05, 4.69) is 32.9 Å². The summed E-state index contributed by atoms with van der Waals surface area (Å²) in [7, 11) is 3.29. The van der Waals surface area contributed by atoms with E-state index in [-0.39, 0.29) is 0 Å². The van der Waals surface area contributed by atoms with E-state index in [0.717, 1.165) is 3.57 Å². The van der Waals surface area contributed by atoms with Crippen molar-refractivity contribution in [1.29, 1.82) is 0 Å². The molecule has 0 saturated carbocycles. The third-order valence-corrected chi connectivity index (χ3v) is 5.59. The summed E-state index contributed by atoms with van der Waals surface area (Å²) in [6.45, 7) is 0. The standard InChI is InChI=1S/C19H16ClFIN3O2/c1-25-7-6-23-18(25)17(11-4-3-5-12(21)8-11)24-19(26)13-9-14(20)15(22)10-16(13)27-2/h3-10,17H,1-2H3,(H,24,26). The van der Waals surface area contributed by atoms with Gasteiger partial charge in [-0.2, -0.15) is 0 Å². The molecule has 1 N–H and O–H groups in total. The molecule has 1 aromatic heterocycles. The van der Waals surface area contributed by atoms with Crippen LogP contribution in [0.3, 0.4) is 0 Å². The summed E-state index contributed by atoms with van der Waals surface area (Å²) >= 11 is 8.24. The molecule has 0 aliphatic rings. The second-order valence-corrected chi connectivity index (χ2v) is 7.39. The highest BCUT2D eigenvalue weighted by molar-refractivity contribution is 14.1. The van der Waals surface area contributed by atoms with Crippen molar-refractivity contribution in [3.05, 3.63) is 80.2 Å². The summed E-state index contributed by atoms with van der Waals surface area (Å²) in [4.78, 5) is 17.3. The monoisotopic (exact) mass is 499 g/mol. The summed E-state index contributed by atoms with van der Waals surface area (Å²) in [5.41, 5.74) is 0.867. The lowest BCUT2D eigenvalue weighted by Crippen LogP contribution is -2.31. The minimum atomic E-state index is -0.643. The van der Waals surface area contributed by atoms with Gasteiger partial charge in [0.05, 0.1) is 17.7 Å². The van der Waals surface area contributed by atoms with Gasteiger partial charge >= 0.3 is 0 Å². The first kappa shape index (κ1) is 19.6. The molecule has 0 radical (unpaired) electrons. The Morgan fingerprint density at radius 3 is 2.78 bits per heavy atom. The summed E-state index contributed by atoms with van der Waals surface area (Å²) in [5, 5.41) is 3.36. The van der Waals surface area contributed by atoms with Gasteiger partial charge < -0.3 is 14.6 Å². The minimum Gasteiger partial charge on any atom is -0.496 e. The zero-order valence-corrected chi connectivity index (χ0v) is 17.5. The molecular formula is C19H16ClFIN3O2. The number of imidazole rings is 1. The van der Waals surface area contributed by atoms with Crippen molar-refractivity contribution >= 4 is 40.1 Å². The molecule has 0 aliphatic carbocycles. The normalized spacial score (nSPS) is 11.9. The van der Waals surface area contributed by atoms with Crippen LogP contribution in [-0.2, 0) is 7.05 Å². The van der Waals surface area contributed by atoms with Gasteiger partial charge in [0.1, 0.15) is 23.4 Å². The van der Waals surface area contributed by atoms with Crippen LogP contribution in [-0.4, -0.2) is 22.6 Å². The number of nitrogens with zero attached hydrogens (tertiary/aromatic N) is 2. The van der Waals surface area contributed by atoms with Crippen LogP contribution >= 0.6 is 34.2 Å². The molecule has 1 atom stereocenters. The third-order valence-electron chi connectivity index (χ3n) is 4.06. The predicted octanol–water partition coefficient (Wildman–Crippen LogP) is 4.35. The molecule has 2 aromatic carbocycles. The topological polar surface area (TPSA) is 56.1 Å². The molecule has 0 saturated heterocycles. The average molecular weight is 500 g/mol. The number of carbonyl (C=O) groups is 1. The molecule has 0 aliphatic heterocycles. The summed E-state index contributed by atoms with van der Waals surface area (Å²) in [6.07, 6.45) is 3.38. The van der Waals surface area contributed by atoms with Crippen molar-refractivity contribution in [1.82, 2.24) is 14.9 Å². The van der Waals surface area contributed by atoms with Crippen molar-refractivity contribution in [2.24, 2.45) is 7.05 Å². The fourth-order valence-corrected chi connectivity index (χ4v) is 3.32. The highest BCUT2D eigenvalue weighted by Gasteiger charge is 2.24. The van der Waals surface area contributed by atoms with Crippen molar-refractivity contribution in [3.63, 3.8) is 0 Å². The predicted molar refractivity (Wildman–Crippen MR) is 110 cm³/mol. The maximum absolute atomic E-state index is 13.8. The summed E-state index contributed by atoms with van der Waals surface area (Å²) in [6, 6.07) is 8.65. The van der Waals surface area contributed by atoms with Gasteiger partial charge in [-0.25, -0.2) is 9.37 Å². The molecule has 1 unspecified atom stereocenters. The number of carbonyl (C=O) groups excluding carboxylic acids is 1. The van der Waals surface area contributed by atoms with Gasteiger partial charge in [0.25, 0.3) is 5.91 Å². The fourth-order valence-electron chi connectivity index (χ4n) is 2.72. The quantitative estimate of drug-likeness (QED) is 0.531. The number of benzene rings is 2. The Morgan fingerprint density at radius 2 is 2.15 bits per heavy atom. The molecule has 3 rings (SSSR count). The van der Waals surface area contributed by atoms with Crippen LogP contribution in [0, 0.1) is 9.39 Å². The lowest BCUT2D eigenvalue weighted by atomic mass is 10.0. The van der Waals surface area contributed by atoms with Crippen LogP contribution in [0.4, 0.5) is 4.39 Å². The van der Waals surface area contributed by atoms with E-state index in [4.69, 9.17) is 16.3 Å². The zero-order valence-electron chi connectivity index (χ0n) is 14.5. The first-order chi connectivity index (χ1) is 12.9. The van der Waals surface area contributed by atoms with Gasteiger partial charge in [0.2, 0.25) is 0 Å². The van der Waals surface area contributed by atoms with Crippen molar-refractivity contribution in [2.45, 2.75) is 6.04 Å². The average Bonchev–Trinajstić information content (AvgIpc) is 3.07. The number of hydrogen-bond donors (Lipinski definition) is 1. The van der Waals surface area contributed by atoms with E-state index < -0.39 is 17.8 Å². The smallest absolute Gasteiger partial charge is 0.255 e. The number of aromatic nitrogens is 2. The lowest BCUT2D eigenvalue weighted by Gasteiger charge is -2.20. The second kappa shape index (κ2) is 8.26. The Labute approximate surface area is 174 Å². The van der Waals surface area contributed by atoms with Crippen molar-refractivity contribution < 1.29 is 13.9 Å². The van der Waals surface area contributed by atoms with Gasteiger partial charge in [-0.1, -0.05) is 23.7 Å². The van der Waals surface area contributed by atoms with Crippen LogP contribution in [0.25, 0.3) is 0 Å². The van der Waals surface area contributed by atoms with Gasteiger partial charge in [0.15, 0.2) is 0 Å². The maximum Gasteiger partial charge on any atom is 0.255 e. The molecule has 0 fully saturated rings. The van der Waals surface area contributed by atoms with Gasteiger partial charge in [-0.15, -0.1) is 0 Å². The Balaban J connectivity index is 2.01. The second-order valence-electron chi connectivity index (χ2n) is 5.82. The summed E-state index contributed by atoms with van der Waals surface area (Å²) in [5.74, 6) is 0.182. The number of aryl methyl sites for hydroxylation is 1. The third kappa shape index (κ3) is 4.24. The number of ether oxygens (including phenoxy) is 1. The number of rotatable bonds is 5. The van der Waals surface area contributed by atoms with Crippen LogP contribution < -0.4 is 10.1 Å². The Morgan fingerprint density at radius 1 is 1.37 bits per heavy atom. The zero-order chi connectivity index (χ0) is 19.6. The number of amides is 1. The molecule has 0 spiro atoms. The number of methoxy groups -OCH3 is 1. The van der Waals surface area contributed by atoms with Gasteiger partial charge in [0, 0.05) is 23.0 Å². The van der Waals surface area contributed by atoms with E-state index in [9.17, 15) is 9.18 Å². The van der Waals surface area contributed by atoms with Crippen molar-refractivity contribution in [3.8, 4) is 5.75 Å². The van der Waals surface area contributed by atoms with E-state index in [1.165, 1.54) is 19.2 Å². The van der Waals surface area contributed by atoms with E-state index in [0.29, 0.717) is 27.7 Å². The highest BCUT2D eigenvalue weighted by atomic mass is 127. The molecule has 1 amide bonds. The Kier molecular flexibility index (Phi) is 6.01. The largest absolute Gasteiger partial charge is 0.496 e. The maximum atomic E-state index is 13.8. The number of halogens is 3. The number of hydrogen-bond acceptors (Lipinski definition) is 3. The van der Waals surface area contributed by atoms with Crippen LogP contribution in [0.1, 0.15) is 27.8 Å². The van der Waals surface area contributed by atoms with Gasteiger partial charge in [-0.3, -0.25) is 4.79 Å². The molecule has 140 valence electrons. The van der Waals surface area contributed by atoms with Crippen LogP contribution in [0.2, 0.25) is 5.02 Å². The Bertz CT molecular complexity index is 993. The molecule has 8 heteroatoms. The molecule has 0 bridgehead atoms. The van der Waals surface area contributed by atoms with Crippen LogP contribution in [0.15, 0.2) is 48.8 Å². The first-order valence-electron chi connectivity index (χ1n) is 7.97. The highest BCUT2D eigenvalue weighted by Crippen LogP contribution is 2.29. The van der Waals surface area contributed by atoms with Crippen molar-refractivity contribution in [2.75, 3.05) is 7.11 Å². The lowest BCUT2D eigenvalue weighted by molar-refractivity contribution is 0.0938. The molecule has 5 nitrogen and oxygen atoms in total. The molecular weight excluding hydrogens is 484 g/mol. The van der Waals surface area contributed by atoms with E-state index in [1.807, 2.05) is 7.05 Å². The molecule has 3 aromatic rings. The Hall–Kier alpha value is -2.13.